The molecule has 0 aromatic carbocycles. The van der Waals surface area contributed by atoms with Gasteiger partial charge in [0.05, 0.1) is 19.4 Å². The predicted molar refractivity (Wildman–Crippen MR) is 104 cm³/mol. The van der Waals surface area contributed by atoms with Crippen LogP contribution in [0.5, 0.6) is 0 Å². The number of nitrogens with zero attached hydrogens (tertiary/aromatic N) is 4. The van der Waals surface area contributed by atoms with Crippen molar-refractivity contribution in [1.82, 2.24) is 19.3 Å². The number of hydrogen-bond donors (Lipinski definition) is 1. The van der Waals surface area contributed by atoms with Gasteiger partial charge in [-0.1, -0.05) is 0 Å². The van der Waals surface area contributed by atoms with Gasteiger partial charge in [0, 0.05) is 28.1 Å². The van der Waals surface area contributed by atoms with Crippen molar-refractivity contribution in [3.63, 3.8) is 0 Å². The zero-order valence-electron chi connectivity index (χ0n) is 14.8. The smallest absolute Gasteiger partial charge is 0.327 e. The monoisotopic (exact) mass is 449 g/mol. The molecule has 29 heavy (non-hydrogen) atoms. The minimum absolute atomic E-state index is 0. The normalized spacial score (nSPS) is 12.1. The number of halogens is 5. The molecular weight excluding hydrogens is 434 g/mol. The molecule has 0 amide bonds. The summed E-state index contributed by atoms with van der Waals surface area (Å²) in [6, 6.07) is 5.80. The lowest BCUT2D eigenvalue weighted by atomic mass is 10.2. The number of pyridine rings is 1. The summed E-state index contributed by atoms with van der Waals surface area (Å²) in [4.78, 5) is 17.3. The van der Waals surface area contributed by atoms with E-state index in [0.717, 1.165) is 20.5 Å². The second kappa shape index (κ2) is 9.33. The molecule has 0 aliphatic rings. The molecule has 0 saturated heterocycles. The molecule has 0 fully saturated rings. The Bertz CT molecular complexity index is 1040. The molecule has 0 aliphatic carbocycles. The Morgan fingerprint density at radius 1 is 1.24 bits per heavy atom. The topological polar surface area (TPSA) is 78.7 Å². The van der Waals surface area contributed by atoms with E-state index in [0.29, 0.717) is 11.9 Å². The molecule has 6 nitrogen and oxygen atoms in total. The maximum absolute atomic E-state index is 12.6. The van der Waals surface area contributed by atoms with E-state index in [1.807, 2.05) is 0 Å². The zero-order valence-corrected chi connectivity index (χ0v) is 16.4. The predicted octanol–water partition coefficient (Wildman–Crippen LogP) is 3.47. The number of alkyl halides is 3. The van der Waals surface area contributed by atoms with Crippen LogP contribution in [0.2, 0.25) is 0 Å². The minimum atomic E-state index is -4.48. The average molecular weight is 450 g/mol. The molecule has 0 aliphatic heterocycles. The first-order chi connectivity index (χ1) is 13.3. The Kier molecular flexibility index (Phi) is 7.33. The fourth-order valence-corrected chi connectivity index (χ4v) is 3.41. The molecule has 0 unspecified atom stereocenters. The van der Waals surface area contributed by atoms with Gasteiger partial charge in [0.1, 0.15) is 12.0 Å². The Balaban J connectivity index is 0.00000300. The van der Waals surface area contributed by atoms with Crippen molar-refractivity contribution in [2.75, 3.05) is 6.54 Å². The Morgan fingerprint density at radius 2 is 2.00 bits per heavy atom. The summed E-state index contributed by atoms with van der Waals surface area (Å²) >= 11 is 1.33. The highest BCUT2D eigenvalue weighted by Crippen LogP contribution is 2.31. The summed E-state index contributed by atoms with van der Waals surface area (Å²) in [6.07, 6.45) is -1.62. The molecule has 0 radical (unpaired) electrons. The summed E-state index contributed by atoms with van der Waals surface area (Å²) in [5, 5.41) is 3.94. The molecule has 3 rings (SSSR count). The van der Waals surface area contributed by atoms with Crippen molar-refractivity contribution >= 4 is 23.7 Å². The van der Waals surface area contributed by atoms with E-state index in [-0.39, 0.29) is 37.6 Å². The van der Waals surface area contributed by atoms with Crippen LogP contribution in [-0.4, -0.2) is 25.9 Å². The second-order valence-electron chi connectivity index (χ2n) is 5.87. The van der Waals surface area contributed by atoms with Crippen LogP contribution in [0.25, 0.3) is 10.4 Å². The highest BCUT2D eigenvalue weighted by molar-refractivity contribution is 7.15. The Labute approximate surface area is 172 Å². The van der Waals surface area contributed by atoms with Gasteiger partial charge in [0.25, 0.3) is 0 Å². The van der Waals surface area contributed by atoms with Crippen molar-refractivity contribution < 1.29 is 17.6 Å². The van der Waals surface area contributed by atoms with Crippen LogP contribution in [0, 0.1) is 0 Å². The van der Waals surface area contributed by atoms with E-state index in [9.17, 15) is 22.4 Å². The molecular formula is C17H16ClF4N5OS. The van der Waals surface area contributed by atoms with Gasteiger partial charge >= 0.3 is 11.9 Å². The molecule has 3 aromatic heterocycles. The third-order valence-corrected chi connectivity index (χ3v) is 5.01. The number of hydrogen-bond acceptors (Lipinski definition) is 5. The van der Waals surface area contributed by atoms with Gasteiger partial charge in [-0.15, -0.1) is 23.7 Å². The van der Waals surface area contributed by atoms with Crippen LogP contribution in [0.3, 0.4) is 0 Å². The first kappa shape index (κ1) is 22.8. The molecule has 3 heterocycles. The summed E-state index contributed by atoms with van der Waals surface area (Å²) in [5.41, 5.74) is 4.79. The minimum Gasteiger partial charge on any atom is -0.327 e. The Hall–Kier alpha value is -2.50. The highest BCUT2D eigenvalue weighted by Gasteiger charge is 2.32. The van der Waals surface area contributed by atoms with E-state index >= 15 is 0 Å². The van der Waals surface area contributed by atoms with E-state index in [4.69, 9.17) is 5.73 Å². The summed E-state index contributed by atoms with van der Waals surface area (Å²) < 4.78 is 52.9. The van der Waals surface area contributed by atoms with Gasteiger partial charge in [0.2, 0.25) is 0 Å². The van der Waals surface area contributed by atoms with E-state index in [1.54, 1.807) is 12.1 Å². The molecule has 156 valence electrons. The largest absolute Gasteiger partial charge is 0.433 e. The first-order valence-corrected chi connectivity index (χ1v) is 8.86. The van der Waals surface area contributed by atoms with Crippen molar-refractivity contribution in [3.8, 4) is 10.4 Å². The lowest BCUT2D eigenvalue weighted by molar-refractivity contribution is -0.141. The van der Waals surface area contributed by atoms with Crippen molar-refractivity contribution in [2.45, 2.75) is 19.3 Å². The van der Waals surface area contributed by atoms with Gasteiger partial charge in [-0.3, -0.25) is 9.55 Å². The van der Waals surface area contributed by atoms with Gasteiger partial charge < -0.3 is 5.73 Å². The number of rotatable bonds is 6. The van der Waals surface area contributed by atoms with Crippen LogP contribution in [0.4, 0.5) is 17.6 Å². The summed E-state index contributed by atoms with van der Waals surface area (Å²) in [5.74, 6) is 0. The van der Waals surface area contributed by atoms with Crippen molar-refractivity contribution in [2.24, 2.45) is 5.73 Å². The fraction of sp³-hybridized carbons (Fsp3) is 0.235. The molecule has 0 spiro atoms. The first-order valence-electron chi connectivity index (χ1n) is 8.04. The van der Waals surface area contributed by atoms with Gasteiger partial charge in [-0.05, 0) is 29.8 Å². The van der Waals surface area contributed by atoms with Gasteiger partial charge in [-0.2, -0.15) is 18.3 Å². The lowest BCUT2D eigenvalue weighted by Gasteiger charge is -2.05. The number of nitrogens with two attached hydrogens (primary N) is 1. The average Bonchev–Trinajstić information content (AvgIpc) is 3.27. The van der Waals surface area contributed by atoms with Crippen LogP contribution in [-0.2, 0) is 19.3 Å². The van der Waals surface area contributed by atoms with Gasteiger partial charge in [0.15, 0.2) is 0 Å². The van der Waals surface area contributed by atoms with Crippen LogP contribution < -0.4 is 11.4 Å². The third-order valence-electron chi connectivity index (χ3n) is 3.89. The standard InChI is InChI=1S/C17H15F4N5OS.ClH/c18-5-11(6-22)8-26-16(27)25(10-24-26)9-13-2-3-14(28-13)12-1-4-15(23-7-12)17(19,20)21;/h1-5,7,10H,6,8-9,22H2;1H/b11-5+;. The summed E-state index contributed by atoms with van der Waals surface area (Å²) in [6.45, 7) is 0.172. The maximum Gasteiger partial charge on any atom is 0.433 e. The van der Waals surface area contributed by atoms with Gasteiger partial charge in [-0.25, -0.2) is 13.9 Å². The number of thiophene rings is 1. The molecule has 12 heteroatoms. The van der Waals surface area contributed by atoms with Crippen molar-refractivity contribution in [3.05, 3.63) is 69.7 Å². The van der Waals surface area contributed by atoms with Crippen LogP contribution in [0.15, 0.2) is 53.5 Å². The van der Waals surface area contributed by atoms with Crippen LogP contribution in [0.1, 0.15) is 10.6 Å². The lowest BCUT2D eigenvalue weighted by Crippen LogP contribution is -2.26. The highest BCUT2D eigenvalue weighted by atomic mass is 35.5. The zero-order chi connectivity index (χ0) is 20.3. The van der Waals surface area contributed by atoms with Crippen molar-refractivity contribution in [1.29, 1.82) is 0 Å². The molecule has 2 N–H and O–H groups in total. The quantitative estimate of drug-likeness (QED) is 0.584. The molecule has 0 saturated carbocycles. The summed E-state index contributed by atoms with van der Waals surface area (Å²) in [7, 11) is 0. The maximum atomic E-state index is 12.6. The molecule has 0 bridgehead atoms. The third kappa shape index (κ3) is 5.31. The van der Waals surface area contributed by atoms with E-state index in [2.05, 4.69) is 10.1 Å². The fourth-order valence-electron chi connectivity index (χ4n) is 2.42. The second-order valence-corrected chi connectivity index (χ2v) is 7.03. The van der Waals surface area contributed by atoms with E-state index in [1.165, 1.54) is 34.5 Å². The molecule has 3 aromatic rings. The van der Waals surface area contributed by atoms with Crippen LogP contribution >= 0.6 is 23.7 Å². The molecule has 0 atom stereocenters. The Morgan fingerprint density at radius 3 is 2.59 bits per heavy atom. The number of aromatic nitrogens is 4. The SMILES string of the molecule is Cl.NC/C(=C\F)Cn1ncn(Cc2ccc(-c3ccc(C(F)(F)F)nc3)s2)c1=O. The van der Waals surface area contributed by atoms with E-state index < -0.39 is 17.6 Å².